The molecule has 0 saturated heterocycles. The Morgan fingerprint density at radius 2 is 1.93 bits per heavy atom. The minimum absolute atomic E-state index is 0.00880. The first-order valence-electron chi connectivity index (χ1n) is 9.87. The maximum Gasteiger partial charge on any atom is 0.260 e. The predicted octanol–water partition coefficient (Wildman–Crippen LogP) is 4.40. The Kier molecular flexibility index (Phi) is 5.60. The van der Waals surface area contributed by atoms with Crippen LogP contribution in [-0.4, -0.2) is 29.1 Å². The highest BCUT2D eigenvalue weighted by atomic mass is 19.1. The summed E-state index contributed by atoms with van der Waals surface area (Å²) in [6.45, 7) is 3.09. The number of hydrogen-bond acceptors (Lipinski definition) is 4. The van der Waals surface area contributed by atoms with Gasteiger partial charge in [-0.3, -0.25) is 4.79 Å². The first-order valence-corrected chi connectivity index (χ1v) is 9.87. The van der Waals surface area contributed by atoms with Crippen LogP contribution in [0.2, 0.25) is 0 Å². The van der Waals surface area contributed by atoms with Crippen molar-refractivity contribution < 1.29 is 18.4 Å². The molecule has 29 heavy (non-hydrogen) atoms. The largest absolute Gasteiger partial charge is 0.484 e. The number of aromatic nitrogens is 1. The fourth-order valence-corrected chi connectivity index (χ4v) is 3.55. The molecule has 0 atom stereocenters. The molecule has 0 saturated carbocycles. The molecule has 1 aromatic heterocycles. The van der Waals surface area contributed by atoms with Crippen LogP contribution in [-0.2, 0) is 24.2 Å². The number of benzene rings is 2. The minimum Gasteiger partial charge on any atom is -0.484 e. The van der Waals surface area contributed by atoms with Crippen molar-refractivity contribution in [3.63, 3.8) is 0 Å². The molecule has 0 fully saturated rings. The van der Waals surface area contributed by atoms with Crippen LogP contribution in [0.1, 0.15) is 30.2 Å². The van der Waals surface area contributed by atoms with E-state index in [9.17, 15) is 9.18 Å². The number of aryl methyl sites for hydroxylation is 1. The monoisotopic (exact) mass is 394 g/mol. The van der Waals surface area contributed by atoms with E-state index >= 15 is 0 Å². The lowest BCUT2D eigenvalue weighted by atomic mass is 10.0. The smallest absolute Gasteiger partial charge is 0.260 e. The number of rotatable bonds is 6. The number of halogens is 1. The number of carbonyl (C=O) groups is 1. The second-order valence-electron chi connectivity index (χ2n) is 7.19. The van der Waals surface area contributed by atoms with Crippen molar-refractivity contribution >= 4 is 5.91 Å². The third-order valence-electron chi connectivity index (χ3n) is 5.13. The van der Waals surface area contributed by atoms with E-state index in [-0.39, 0.29) is 18.3 Å². The van der Waals surface area contributed by atoms with Crippen LogP contribution in [0.4, 0.5) is 4.39 Å². The molecule has 0 radical (unpaired) electrons. The van der Waals surface area contributed by atoms with Gasteiger partial charge in [0.15, 0.2) is 12.4 Å². The summed E-state index contributed by atoms with van der Waals surface area (Å²) in [5.74, 6) is 0.963. The van der Waals surface area contributed by atoms with Gasteiger partial charge < -0.3 is 14.2 Å². The second-order valence-corrected chi connectivity index (χ2v) is 7.19. The van der Waals surface area contributed by atoms with Crippen molar-refractivity contribution in [3.05, 3.63) is 71.2 Å². The van der Waals surface area contributed by atoms with Crippen molar-refractivity contribution in [2.75, 3.05) is 13.2 Å². The van der Waals surface area contributed by atoms with Crippen molar-refractivity contribution in [2.45, 2.75) is 32.7 Å². The van der Waals surface area contributed by atoms with Crippen LogP contribution in [0.3, 0.4) is 0 Å². The molecule has 1 aliphatic heterocycles. The SMILES string of the molecule is CCCc1ccc(OCC(=O)N2CCc3c(noc3-c3ccc(F)cc3)C2)cc1. The van der Waals surface area contributed by atoms with Gasteiger partial charge >= 0.3 is 0 Å². The van der Waals surface area contributed by atoms with Crippen LogP contribution in [0, 0.1) is 5.82 Å². The van der Waals surface area contributed by atoms with Crippen molar-refractivity contribution in [1.29, 1.82) is 0 Å². The molecule has 1 amide bonds. The van der Waals surface area contributed by atoms with Gasteiger partial charge in [0.05, 0.1) is 6.54 Å². The fourth-order valence-electron chi connectivity index (χ4n) is 3.55. The zero-order chi connectivity index (χ0) is 20.2. The van der Waals surface area contributed by atoms with Gasteiger partial charge in [0.1, 0.15) is 17.3 Å². The molecule has 0 aliphatic carbocycles. The van der Waals surface area contributed by atoms with Gasteiger partial charge in [-0.15, -0.1) is 0 Å². The molecule has 0 bridgehead atoms. The Hall–Kier alpha value is -3.15. The van der Waals surface area contributed by atoms with Gasteiger partial charge in [-0.2, -0.15) is 0 Å². The molecule has 5 nitrogen and oxygen atoms in total. The molecule has 0 N–H and O–H groups in total. The third kappa shape index (κ3) is 4.31. The average Bonchev–Trinajstić information content (AvgIpc) is 3.17. The van der Waals surface area contributed by atoms with Gasteiger partial charge in [-0.25, -0.2) is 4.39 Å². The van der Waals surface area contributed by atoms with Crippen LogP contribution in [0.5, 0.6) is 5.75 Å². The first kappa shape index (κ1) is 19.2. The average molecular weight is 394 g/mol. The Morgan fingerprint density at radius 3 is 2.66 bits per heavy atom. The zero-order valence-electron chi connectivity index (χ0n) is 16.4. The van der Waals surface area contributed by atoms with E-state index in [1.165, 1.54) is 17.7 Å². The van der Waals surface area contributed by atoms with Gasteiger partial charge in [0.2, 0.25) is 0 Å². The molecular formula is C23H23FN2O3. The lowest BCUT2D eigenvalue weighted by molar-refractivity contribution is -0.134. The van der Waals surface area contributed by atoms with Crippen molar-refractivity contribution in [2.24, 2.45) is 0 Å². The Labute approximate surface area is 169 Å². The van der Waals surface area contributed by atoms with Gasteiger partial charge in [0.25, 0.3) is 5.91 Å². The van der Waals surface area contributed by atoms with E-state index in [0.717, 1.165) is 29.7 Å². The summed E-state index contributed by atoms with van der Waals surface area (Å²) in [5, 5.41) is 4.13. The summed E-state index contributed by atoms with van der Waals surface area (Å²) in [4.78, 5) is 14.3. The molecule has 0 unspecified atom stereocenters. The number of ether oxygens (including phenoxy) is 1. The zero-order valence-corrected chi connectivity index (χ0v) is 16.4. The Morgan fingerprint density at radius 1 is 1.17 bits per heavy atom. The highest BCUT2D eigenvalue weighted by Crippen LogP contribution is 2.30. The summed E-state index contributed by atoms with van der Waals surface area (Å²) in [5.41, 5.74) is 3.77. The highest BCUT2D eigenvalue weighted by Gasteiger charge is 2.27. The summed E-state index contributed by atoms with van der Waals surface area (Å²) < 4.78 is 24.3. The second kappa shape index (κ2) is 8.47. The summed E-state index contributed by atoms with van der Waals surface area (Å²) in [6, 6.07) is 14.0. The third-order valence-corrected chi connectivity index (χ3v) is 5.13. The molecule has 2 heterocycles. The van der Waals surface area contributed by atoms with E-state index in [4.69, 9.17) is 9.26 Å². The maximum atomic E-state index is 13.2. The molecule has 2 aromatic carbocycles. The van der Waals surface area contributed by atoms with Crippen molar-refractivity contribution in [3.8, 4) is 17.1 Å². The fraction of sp³-hybridized carbons (Fsp3) is 0.304. The topological polar surface area (TPSA) is 55.6 Å². The van der Waals surface area contributed by atoms with E-state index in [2.05, 4.69) is 12.1 Å². The molecule has 4 rings (SSSR count). The molecule has 150 valence electrons. The van der Waals surface area contributed by atoms with Gasteiger partial charge in [0, 0.05) is 17.7 Å². The Balaban J connectivity index is 1.37. The molecule has 6 heteroatoms. The quantitative estimate of drug-likeness (QED) is 0.622. The standard InChI is InChI=1S/C23H23FN2O3/c1-2-3-16-4-10-19(11-5-16)28-15-22(27)26-13-12-20-21(14-26)25-29-23(20)17-6-8-18(24)9-7-17/h4-11H,2-3,12-15H2,1H3. The normalized spacial score (nSPS) is 13.2. The number of nitrogens with zero attached hydrogens (tertiary/aromatic N) is 2. The highest BCUT2D eigenvalue weighted by molar-refractivity contribution is 5.78. The van der Waals surface area contributed by atoms with E-state index in [1.807, 2.05) is 24.3 Å². The van der Waals surface area contributed by atoms with Crippen LogP contribution in [0.15, 0.2) is 53.1 Å². The number of carbonyl (C=O) groups excluding carboxylic acids is 1. The Bertz CT molecular complexity index is 980. The lowest BCUT2D eigenvalue weighted by Gasteiger charge is -2.26. The number of amides is 1. The summed E-state index contributed by atoms with van der Waals surface area (Å²) in [7, 11) is 0. The number of fused-ring (bicyclic) bond motifs is 1. The predicted molar refractivity (Wildman–Crippen MR) is 107 cm³/mol. The van der Waals surface area contributed by atoms with Gasteiger partial charge in [-0.05, 0) is 54.8 Å². The first-order chi connectivity index (χ1) is 14.1. The summed E-state index contributed by atoms with van der Waals surface area (Å²) >= 11 is 0. The van der Waals surface area contributed by atoms with Crippen LogP contribution < -0.4 is 4.74 Å². The lowest BCUT2D eigenvalue weighted by Crippen LogP contribution is -2.38. The maximum absolute atomic E-state index is 13.2. The molecule has 0 spiro atoms. The van der Waals surface area contributed by atoms with Crippen molar-refractivity contribution in [1.82, 2.24) is 10.1 Å². The van der Waals surface area contributed by atoms with E-state index < -0.39 is 0 Å². The number of hydrogen-bond donors (Lipinski definition) is 0. The van der Waals surface area contributed by atoms with E-state index in [0.29, 0.717) is 31.0 Å². The molecule has 3 aromatic rings. The summed E-state index contributed by atoms with van der Waals surface area (Å²) in [6.07, 6.45) is 2.77. The molecular weight excluding hydrogens is 371 g/mol. The van der Waals surface area contributed by atoms with Gasteiger partial charge in [-0.1, -0.05) is 30.6 Å². The molecule has 1 aliphatic rings. The van der Waals surface area contributed by atoms with Crippen LogP contribution in [0.25, 0.3) is 11.3 Å². The van der Waals surface area contributed by atoms with E-state index in [1.54, 1.807) is 17.0 Å². The van der Waals surface area contributed by atoms with Crippen LogP contribution >= 0.6 is 0 Å². The minimum atomic E-state index is -0.293.